The van der Waals surface area contributed by atoms with E-state index >= 15 is 0 Å². The SMILES string of the molecule is Fc1cccc(-c2ccc(C=Nc3cccc(I)c3)o2)c1. The Bertz CT molecular complexity index is 795. The first-order valence-electron chi connectivity index (χ1n) is 6.36. The largest absolute Gasteiger partial charge is 0.455 e. The molecule has 21 heavy (non-hydrogen) atoms. The van der Waals surface area contributed by atoms with Gasteiger partial charge in [-0.3, -0.25) is 4.99 Å². The van der Waals surface area contributed by atoms with Crippen molar-refractivity contribution in [2.24, 2.45) is 4.99 Å². The minimum Gasteiger partial charge on any atom is -0.455 e. The molecular weight excluding hydrogens is 380 g/mol. The van der Waals surface area contributed by atoms with Gasteiger partial charge >= 0.3 is 0 Å². The van der Waals surface area contributed by atoms with E-state index in [1.807, 2.05) is 42.5 Å². The highest BCUT2D eigenvalue weighted by Crippen LogP contribution is 2.22. The predicted molar refractivity (Wildman–Crippen MR) is 90.5 cm³/mol. The standard InChI is InChI=1S/C17H11FINO/c18-13-4-1-3-12(9-13)17-8-7-16(21-17)11-20-15-6-2-5-14(19)10-15/h1-11H. The Balaban J connectivity index is 1.82. The van der Waals surface area contributed by atoms with Crippen molar-refractivity contribution in [1.82, 2.24) is 0 Å². The summed E-state index contributed by atoms with van der Waals surface area (Å²) in [5.41, 5.74) is 1.58. The van der Waals surface area contributed by atoms with E-state index in [0.717, 1.165) is 9.26 Å². The van der Waals surface area contributed by atoms with Crippen LogP contribution >= 0.6 is 22.6 Å². The van der Waals surface area contributed by atoms with Crippen molar-refractivity contribution in [2.45, 2.75) is 0 Å². The van der Waals surface area contributed by atoms with Gasteiger partial charge in [-0.05, 0) is 65.1 Å². The molecule has 2 aromatic carbocycles. The number of hydrogen-bond acceptors (Lipinski definition) is 2. The van der Waals surface area contributed by atoms with Crippen molar-refractivity contribution < 1.29 is 8.81 Å². The molecule has 1 aromatic heterocycles. The number of hydrogen-bond donors (Lipinski definition) is 0. The monoisotopic (exact) mass is 391 g/mol. The average molecular weight is 391 g/mol. The summed E-state index contributed by atoms with van der Waals surface area (Å²) < 4.78 is 20.0. The molecule has 0 atom stereocenters. The molecule has 0 unspecified atom stereocenters. The molecule has 0 radical (unpaired) electrons. The van der Waals surface area contributed by atoms with Gasteiger partial charge in [-0.1, -0.05) is 18.2 Å². The van der Waals surface area contributed by atoms with Crippen LogP contribution in [0.3, 0.4) is 0 Å². The summed E-state index contributed by atoms with van der Waals surface area (Å²) in [5, 5.41) is 0. The number of furan rings is 1. The Hall–Kier alpha value is -1.95. The van der Waals surface area contributed by atoms with Crippen LogP contribution < -0.4 is 0 Å². The first-order valence-corrected chi connectivity index (χ1v) is 7.44. The van der Waals surface area contributed by atoms with Crippen molar-refractivity contribution in [3.8, 4) is 11.3 Å². The van der Waals surface area contributed by atoms with E-state index in [9.17, 15) is 4.39 Å². The molecular formula is C17H11FINO. The molecule has 104 valence electrons. The lowest BCUT2D eigenvalue weighted by atomic mass is 10.2. The molecule has 0 spiro atoms. The normalized spacial score (nSPS) is 11.1. The summed E-state index contributed by atoms with van der Waals surface area (Å²) >= 11 is 2.24. The molecule has 3 aromatic rings. The van der Waals surface area contributed by atoms with Crippen LogP contribution in [0.5, 0.6) is 0 Å². The fourth-order valence-electron chi connectivity index (χ4n) is 1.91. The zero-order valence-corrected chi connectivity index (χ0v) is 13.1. The second-order valence-corrected chi connectivity index (χ2v) is 5.70. The number of aliphatic imine (C=N–C) groups is 1. The second kappa shape index (κ2) is 6.22. The fourth-order valence-corrected chi connectivity index (χ4v) is 2.44. The Morgan fingerprint density at radius 1 is 1.00 bits per heavy atom. The van der Waals surface area contributed by atoms with Crippen LogP contribution in [0.25, 0.3) is 11.3 Å². The maximum absolute atomic E-state index is 13.2. The van der Waals surface area contributed by atoms with E-state index in [1.165, 1.54) is 12.1 Å². The summed E-state index contributed by atoms with van der Waals surface area (Å²) in [6.45, 7) is 0. The van der Waals surface area contributed by atoms with E-state index in [1.54, 1.807) is 12.3 Å². The third-order valence-corrected chi connectivity index (χ3v) is 3.56. The molecule has 4 heteroatoms. The first-order chi connectivity index (χ1) is 10.2. The van der Waals surface area contributed by atoms with Crippen LogP contribution in [-0.2, 0) is 0 Å². The molecule has 0 saturated heterocycles. The Kier molecular flexibility index (Phi) is 4.15. The Labute approximate surface area is 135 Å². The predicted octanol–water partition coefficient (Wildman–Crippen LogP) is 5.44. The van der Waals surface area contributed by atoms with Crippen molar-refractivity contribution in [1.29, 1.82) is 0 Å². The number of rotatable bonds is 3. The van der Waals surface area contributed by atoms with Crippen molar-refractivity contribution in [3.63, 3.8) is 0 Å². The molecule has 1 heterocycles. The molecule has 0 amide bonds. The molecule has 0 aliphatic rings. The van der Waals surface area contributed by atoms with Gasteiger partial charge in [0.05, 0.1) is 11.9 Å². The lowest BCUT2D eigenvalue weighted by Gasteiger charge is -1.96. The second-order valence-electron chi connectivity index (χ2n) is 4.45. The quantitative estimate of drug-likeness (QED) is 0.431. The fraction of sp³-hybridized carbons (Fsp3) is 0. The minimum absolute atomic E-state index is 0.280. The van der Waals surface area contributed by atoms with E-state index in [4.69, 9.17) is 4.42 Å². The summed E-state index contributed by atoms with van der Waals surface area (Å²) in [6, 6.07) is 17.8. The van der Waals surface area contributed by atoms with Crippen LogP contribution in [0.15, 0.2) is 70.1 Å². The number of benzene rings is 2. The highest BCUT2D eigenvalue weighted by Gasteiger charge is 2.04. The number of halogens is 2. The van der Waals surface area contributed by atoms with Gasteiger partial charge in [-0.25, -0.2) is 4.39 Å². The Morgan fingerprint density at radius 2 is 1.86 bits per heavy atom. The van der Waals surface area contributed by atoms with Gasteiger partial charge in [-0.2, -0.15) is 0 Å². The third-order valence-electron chi connectivity index (χ3n) is 2.88. The van der Waals surface area contributed by atoms with Crippen LogP contribution in [0.1, 0.15) is 5.76 Å². The lowest BCUT2D eigenvalue weighted by Crippen LogP contribution is -1.77. The highest BCUT2D eigenvalue weighted by atomic mass is 127. The number of nitrogens with zero attached hydrogens (tertiary/aromatic N) is 1. The van der Waals surface area contributed by atoms with Gasteiger partial charge < -0.3 is 4.42 Å². The van der Waals surface area contributed by atoms with Gasteiger partial charge in [0.2, 0.25) is 0 Å². The maximum atomic E-state index is 13.2. The van der Waals surface area contributed by atoms with Crippen molar-refractivity contribution >= 4 is 34.5 Å². The summed E-state index contributed by atoms with van der Waals surface area (Å²) in [5.74, 6) is 0.977. The zero-order valence-electron chi connectivity index (χ0n) is 11.0. The summed E-state index contributed by atoms with van der Waals surface area (Å²) in [4.78, 5) is 4.36. The smallest absolute Gasteiger partial charge is 0.145 e. The van der Waals surface area contributed by atoms with Gasteiger partial charge in [0.25, 0.3) is 0 Å². The first kappa shape index (κ1) is 14.0. The molecule has 0 saturated carbocycles. The van der Waals surface area contributed by atoms with Crippen LogP contribution in [0, 0.1) is 9.39 Å². The maximum Gasteiger partial charge on any atom is 0.145 e. The van der Waals surface area contributed by atoms with Gasteiger partial charge in [0.15, 0.2) is 0 Å². The minimum atomic E-state index is -0.280. The van der Waals surface area contributed by atoms with Crippen molar-refractivity contribution in [3.05, 3.63) is 75.8 Å². The molecule has 0 aliphatic heterocycles. The zero-order chi connectivity index (χ0) is 14.7. The highest BCUT2D eigenvalue weighted by molar-refractivity contribution is 14.1. The van der Waals surface area contributed by atoms with Crippen LogP contribution in [0.4, 0.5) is 10.1 Å². The van der Waals surface area contributed by atoms with Gasteiger partial charge in [0.1, 0.15) is 17.3 Å². The summed E-state index contributed by atoms with van der Waals surface area (Å²) in [7, 11) is 0. The molecule has 3 rings (SSSR count). The van der Waals surface area contributed by atoms with Crippen LogP contribution in [0.2, 0.25) is 0 Å². The molecule has 0 aliphatic carbocycles. The average Bonchev–Trinajstić information content (AvgIpc) is 2.94. The Morgan fingerprint density at radius 3 is 2.67 bits per heavy atom. The van der Waals surface area contributed by atoms with Gasteiger partial charge in [0, 0.05) is 9.13 Å². The molecule has 0 bridgehead atoms. The van der Waals surface area contributed by atoms with E-state index < -0.39 is 0 Å². The third kappa shape index (κ3) is 3.58. The lowest BCUT2D eigenvalue weighted by molar-refractivity contribution is 0.573. The topological polar surface area (TPSA) is 25.5 Å². The van der Waals surface area contributed by atoms with Crippen molar-refractivity contribution in [2.75, 3.05) is 0 Å². The van der Waals surface area contributed by atoms with Gasteiger partial charge in [-0.15, -0.1) is 0 Å². The molecule has 0 N–H and O–H groups in total. The molecule has 2 nitrogen and oxygen atoms in total. The summed E-state index contributed by atoms with van der Waals surface area (Å²) in [6.07, 6.45) is 1.66. The van der Waals surface area contributed by atoms with E-state index in [2.05, 4.69) is 27.6 Å². The molecule has 0 fully saturated rings. The van der Waals surface area contributed by atoms with E-state index in [0.29, 0.717) is 17.1 Å². The van der Waals surface area contributed by atoms with E-state index in [-0.39, 0.29) is 5.82 Å². The van der Waals surface area contributed by atoms with Crippen LogP contribution in [-0.4, -0.2) is 6.21 Å².